The van der Waals surface area contributed by atoms with Crippen LogP contribution in [0.4, 0.5) is 18.9 Å². The Morgan fingerprint density at radius 2 is 2.08 bits per heavy atom. The molecular weight excluding hydrogens is 407 g/mol. The highest BCUT2D eigenvalue weighted by Gasteiger charge is 2.34. The minimum absolute atomic E-state index is 0.0566. The Balaban J connectivity index is 1.79. The summed E-state index contributed by atoms with van der Waals surface area (Å²) < 4.78 is 40.2. The van der Waals surface area contributed by atoms with Gasteiger partial charge in [0.25, 0.3) is 0 Å². The van der Waals surface area contributed by atoms with Crippen molar-refractivity contribution >= 4 is 56.5 Å². The number of nitrogens with zero attached hydrogens (tertiary/aromatic N) is 2. The zero-order valence-corrected chi connectivity index (χ0v) is 15.6. The molecule has 0 radical (unpaired) electrons. The molecule has 0 fully saturated rings. The SMILES string of the molecule is CC(Sc1ncnc2ccsc12)C(=O)Nc1ccc(Cl)cc1C(F)(F)F. The van der Waals surface area contributed by atoms with Crippen LogP contribution in [-0.4, -0.2) is 21.1 Å². The Morgan fingerprint density at radius 1 is 1.31 bits per heavy atom. The Bertz CT molecular complexity index is 961. The number of aromatic nitrogens is 2. The second kappa shape index (κ2) is 7.42. The average molecular weight is 418 g/mol. The third-order valence-corrected chi connectivity index (χ3v) is 5.79. The highest BCUT2D eigenvalue weighted by Crippen LogP contribution is 2.37. The number of benzene rings is 1. The van der Waals surface area contributed by atoms with E-state index in [1.807, 2.05) is 11.4 Å². The summed E-state index contributed by atoms with van der Waals surface area (Å²) in [5, 5.41) is 4.08. The number of thiophene rings is 1. The number of anilines is 1. The summed E-state index contributed by atoms with van der Waals surface area (Å²) in [6.45, 7) is 1.60. The predicted molar refractivity (Wildman–Crippen MR) is 97.8 cm³/mol. The fraction of sp³-hybridized carbons (Fsp3) is 0.188. The number of thioether (sulfide) groups is 1. The van der Waals surface area contributed by atoms with E-state index in [1.165, 1.54) is 23.7 Å². The number of nitrogens with one attached hydrogen (secondary N) is 1. The molecule has 0 saturated heterocycles. The molecule has 2 heterocycles. The Labute approximate surface area is 159 Å². The molecule has 0 aliphatic heterocycles. The number of hydrogen-bond donors (Lipinski definition) is 1. The molecule has 1 N–H and O–H groups in total. The first-order valence-electron chi connectivity index (χ1n) is 7.28. The molecule has 3 aromatic rings. The van der Waals surface area contributed by atoms with Crippen LogP contribution < -0.4 is 5.32 Å². The summed E-state index contributed by atoms with van der Waals surface area (Å²) in [7, 11) is 0. The van der Waals surface area contributed by atoms with Crippen LogP contribution in [-0.2, 0) is 11.0 Å². The average Bonchev–Trinajstić information content (AvgIpc) is 3.05. The molecule has 1 aromatic carbocycles. The minimum atomic E-state index is -4.63. The monoisotopic (exact) mass is 417 g/mol. The fourth-order valence-electron chi connectivity index (χ4n) is 2.17. The number of halogens is 4. The smallest absolute Gasteiger partial charge is 0.325 e. The van der Waals surface area contributed by atoms with Crippen LogP contribution >= 0.6 is 34.7 Å². The molecule has 3 rings (SSSR count). The summed E-state index contributed by atoms with van der Waals surface area (Å²) in [6, 6.07) is 5.06. The Hall–Kier alpha value is -1.84. The van der Waals surface area contributed by atoms with Crippen molar-refractivity contribution < 1.29 is 18.0 Å². The second-order valence-corrected chi connectivity index (χ2v) is 7.93. The highest BCUT2D eigenvalue weighted by atomic mass is 35.5. The largest absolute Gasteiger partial charge is 0.418 e. The van der Waals surface area contributed by atoms with Gasteiger partial charge in [-0.05, 0) is 36.6 Å². The Morgan fingerprint density at radius 3 is 2.81 bits per heavy atom. The molecule has 10 heteroatoms. The second-order valence-electron chi connectivity index (χ2n) is 5.25. The topological polar surface area (TPSA) is 54.9 Å². The van der Waals surface area contributed by atoms with Gasteiger partial charge in [-0.2, -0.15) is 13.2 Å². The maximum atomic E-state index is 13.1. The van der Waals surface area contributed by atoms with Gasteiger partial charge >= 0.3 is 6.18 Å². The van der Waals surface area contributed by atoms with Gasteiger partial charge in [0.05, 0.1) is 26.7 Å². The number of hydrogen-bond acceptors (Lipinski definition) is 5. The van der Waals surface area contributed by atoms with Gasteiger partial charge in [-0.3, -0.25) is 4.79 Å². The highest BCUT2D eigenvalue weighted by molar-refractivity contribution is 8.00. The van der Waals surface area contributed by atoms with Crippen molar-refractivity contribution in [3.63, 3.8) is 0 Å². The van der Waals surface area contributed by atoms with E-state index in [9.17, 15) is 18.0 Å². The fourth-order valence-corrected chi connectivity index (χ4v) is 4.17. The lowest BCUT2D eigenvalue weighted by Gasteiger charge is -2.16. The Kier molecular flexibility index (Phi) is 5.40. The number of fused-ring (bicyclic) bond motifs is 1. The summed E-state index contributed by atoms with van der Waals surface area (Å²) in [6.07, 6.45) is -3.23. The molecule has 0 spiro atoms. The molecule has 2 aromatic heterocycles. The minimum Gasteiger partial charge on any atom is -0.325 e. The summed E-state index contributed by atoms with van der Waals surface area (Å²) in [5.41, 5.74) is -0.557. The van der Waals surface area contributed by atoms with Gasteiger partial charge < -0.3 is 5.32 Å². The van der Waals surface area contributed by atoms with Crippen LogP contribution in [0.15, 0.2) is 41.0 Å². The predicted octanol–water partition coefficient (Wildman–Crippen LogP) is 5.48. The number of carbonyl (C=O) groups is 1. The van der Waals surface area contributed by atoms with Crippen molar-refractivity contribution in [2.45, 2.75) is 23.4 Å². The molecule has 26 heavy (non-hydrogen) atoms. The van der Waals surface area contributed by atoms with E-state index in [1.54, 1.807) is 6.92 Å². The molecule has 1 atom stereocenters. The van der Waals surface area contributed by atoms with Gasteiger partial charge in [0.15, 0.2) is 0 Å². The molecule has 0 saturated carbocycles. The van der Waals surface area contributed by atoms with Gasteiger partial charge in [0, 0.05) is 5.02 Å². The number of carbonyl (C=O) groups excluding carboxylic acids is 1. The van der Waals surface area contributed by atoms with Crippen molar-refractivity contribution in [2.75, 3.05) is 5.32 Å². The van der Waals surface area contributed by atoms with Crippen LogP contribution in [0.1, 0.15) is 12.5 Å². The zero-order valence-electron chi connectivity index (χ0n) is 13.2. The summed E-state index contributed by atoms with van der Waals surface area (Å²) in [4.78, 5) is 20.7. The molecule has 4 nitrogen and oxygen atoms in total. The normalized spacial score (nSPS) is 13.0. The first-order valence-corrected chi connectivity index (χ1v) is 9.42. The van der Waals surface area contributed by atoms with Gasteiger partial charge in [-0.25, -0.2) is 9.97 Å². The maximum Gasteiger partial charge on any atom is 0.418 e. The van der Waals surface area contributed by atoms with Crippen molar-refractivity contribution in [3.8, 4) is 0 Å². The van der Waals surface area contributed by atoms with E-state index in [4.69, 9.17) is 11.6 Å². The lowest BCUT2D eigenvalue weighted by Crippen LogP contribution is -2.24. The van der Waals surface area contributed by atoms with Crippen LogP contribution in [0.5, 0.6) is 0 Å². The van der Waals surface area contributed by atoms with Gasteiger partial charge in [0.1, 0.15) is 11.4 Å². The molecule has 0 aliphatic rings. The van der Waals surface area contributed by atoms with Crippen LogP contribution in [0.25, 0.3) is 10.2 Å². The van der Waals surface area contributed by atoms with Crippen LogP contribution in [0.2, 0.25) is 5.02 Å². The van der Waals surface area contributed by atoms with Crippen LogP contribution in [0, 0.1) is 0 Å². The van der Waals surface area contributed by atoms with E-state index in [0.717, 1.165) is 34.1 Å². The van der Waals surface area contributed by atoms with Crippen molar-refractivity contribution in [1.82, 2.24) is 9.97 Å². The number of amides is 1. The lowest BCUT2D eigenvalue weighted by atomic mass is 10.1. The lowest BCUT2D eigenvalue weighted by molar-refractivity contribution is -0.137. The van der Waals surface area contributed by atoms with E-state index >= 15 is 0 Å². The molecular formula is C16H11ClF3N3OS2. The number of alkyl halides is 3. The molecule has 1 unspecified atom stereocenters. The molecule has 0 bridgehead atoms. The maximum absolute atomic E-state index is 13.1. The van der Waals surface area contributed by atoms with Gasteiger partial charge in [0.2, 0.25) is 5.91 Å². The van der Waals surface area contributed by atoms with Crippen molar-refractivity contribution in [2.24, 2.45) is 0 Å². The summed E-state index contributed by atoms with van der Waals surface area (Å²) >= 11 is 8.24. The van der Waals surface area contributed by atoms with E-state index in [2.05, 4.69) is 15.3 Å². The first kappa shape index (κ1) is 18.9. The zero-order chi connectivity index (χ0) is 18.9. The molecule has 1 amide bonds. The van der Waals surface area contributed by atoms with Gasteiger partial charge in [-0.15, -0.1) is 11.3 Å². The third kappa shape index (κ3) is 4.11. The molecule has 136 valence electrons. The van der Waals surface area contributed by atoms with E-state index < -0.39 is 22.9 Å². The third-order valence-electron chi connectivity index (χ3n) is 3.41. The number of rotatable bonds is 4. The van der Waals surface area contributed by atoms with E-state index in [-0.39, 0.29) is 10.7 Å². The van der Waals surface area contributed by atoms with Gasteiger partial charge in [-0.1, -0.05) is 23.4 Å². The first-order chi connectivity index (χ1) is 12.3. The standard InChI is InChI=1S/C16H11ClF3N3OS2/c1-8(26-15-13-12(4-5-25-13)21-7-22-15)14(24)23-11-3-2-9(17)6-10(11)16(18,19)20/h2-8H,1H3,(H,23,24). The quantitative estimate of drug-likeness (QED) is 0.451. The molecule has 0 aliphatic carbocycles. The van der Waals surface area contributed by atoms with E-state index in [0.29, 0.717) is 5.03 Å². The van der Waals surface area contributed by atoms with Crippen molar-refractivity contribution in [1.29, 1.82) is 0 Å². The summed E-state index contributed by atoms with van der Waals surface area (Å²) in [5.74, 6) is -0.564. The van der Waals surface area contributed by atoms with Crippen molar-refractivity contribution in [3.05, 3.63) is 46.6 Å². The van der Waals surface area contributed by atoms with Crippen LogP contribution in [0.3, 0.4) is 0 Å².